The van der Waals surface area contributed by atoms with Crippen molar-refractivity contribution in [3.05, 3.63) is 82.5 Å². The Balaban J connectivity index is 1.85. The van der Waals surface area contributed by atoms with Crippen molar-refractivity contribution in [2.45, 2.75) is 6.42 Å². The normalized spacial score (nSPS) is 13.0. The maximum atomic E-state index is 5.06. The maximum Gasteiger partial charge on any atom is 0.159 e. The van der Waals surface area contributed by atoms with Crippen LogP contribution in [0.5, 0.6) is 0 Å². The molecule has 0 bridgehead atoms. The van der Waals surface area contributed by atoms with Crippen LogP contribution in [0.4, 0.5) is 17.2 Å². The summed E-state index contributed by atoms with van der Waals surface area (Å²) in [6.45, 7) is 1.92. The Morgan fingerprint density at radius 3 is 2.54 bits per heavy atom. The molecule has 0 radical (unpaired) electrons. The lowest BCUT2D eigenvalue weighted by Crippen LogP contribution is -2.24. The molecule has 2 heterocycles. The molecule has 4 rings (SSSR count). The van der Waals surface area contributed by atoms with E-state index in [2.05, 4.69) is 88.4 Å². The first-order chi connectivity index (χ1) is 13.6. The molecular formula is C23H23BrN4. The average Bonchev–Trinajstić information content (AvgIpc) is 2.84. The minimum absolute atomic E-state index is 0.891. The van der Waals surface area contributed by atoms with Gasteiger partial charge in [-0.2, -0.15) is 0 Å². The fraction of sp³-hybridized carbons (Fsp3) is 0.217. The van der Waals surface area contributed by atoms with E-state index in [0.717, 1.165) is 58.0 Å². The quantitative estimate of drug-likeness (QED) is 0.537. The van der Waals surface area contributed by atoms with Gasteiger partial charge in [0.2, 0.25) is 0 Å². The number of benzene rings is 2. The van der Waals surface area contributed by atoms with Gasteiger partial charge in [-0.3, -0.25) is 0 Å². The zero-order valence-electron chi connectivity index (χ0n) is 16.1. The third kappa shape index (κ3) is 3.86. The van der Waals surface area contributed by atoms with Gasteiger partial charge >= 0.3 is 0 Å². The molecule has 0 N–H and O–H groups in total. The average molecular weight is 435 g/mol. The Kier molecular flexibility index (Phi) is 5.55. The highest BCUT2D eigenvalue weighted by Crippen LogP contribution is 2.39. The summed E-state index contributed by atoms with van der Waals surface area (Å²) < 4.78 is 1.06. The van der Waals surface area contributed by atoms with Crippen LogP contribution in [-0.4, -0.2) is 42.8 Å². The van der Waals surface area contributed by atoms with Crippen molar-refractivity contribution in [1.29, 1.82) is 0 Å². The van der Waals surface area contributed by atoms with E-state index >= 15 is 0 Å². The molecule has 0 spiro atoms. The maximum absolute atomic E-state index is 5.06. The summed E-state index contributed by atoms with van der Waals surface area (Å²) in [6, 6.07) is 20.8. The lowest BCUT2D eigenvalue weighted by molar-refractivity contribution is 0.402. The molecule has 0 amide bonds. The van der Waals surface area contributed by atoms with Gasteiger partial charge in [0.25, 0.3) is 0 Å². The SMILES string of the molecule is CN(C)CCCN1c2ccccc2C(c2ccc(Br)cc2)=Nc2cccnc21. The fourth-order valence-electron chi connectivity index (χ4n) is 3.49. The van der Waals surface area contributed by atoms with Gasteiger partial charge in [-0.1, -0.05) is 46.3 Å². The number of hydrogen-bond donors (Lipinski definition) is 0. The van der Waals surface area contributed by atoms with Crippen LogP contribution in [-0.2, 0) is 0 Å². The molecule has 142 valence electrons. The molecule has 4 nitrogen and oxygen atoms in total. The molecule has 0 aliphatic carbocycles. The van der Waals surface area contributed by atoms with Gasteiger partial charge in [0.1, 0.15) is 5.69 Å². The van der Waals surface area contributed by atoms with Crippen molar-refractivity contribution in [1.82, 2.24) is 9.88 Å². The van der Waals surface area contributed by atoms with Gasteiger partial charge in [-0.15, -0.1) is 0 Å². The number of halogens is 1. The monoisotopic (exact) mass is 434 g/mol. The van der Waals surface area contributed by atoms with E-state index in [9.17, 15) is 0 Å². The minimum Gasteiger partial charge on any atom is -0.324 e. The van der Waals surface area contributed by atoms with Gasteiger partial charge < -0.3 is 9.80 Å². The van der Waals surface area contributed by atoms with Crippen LogP contribution < -0.4 is 4.90 Å². The van der Waals surface area contributed by atoms with Gasteiger partial charge in [-0.25, -0.2) is 9.98 Å². The molecule has 2 aromatic carbocycles. The van der Waals surface area contributed by atoms with Crippen LogP contribution in [0, 0.1) is 0 Å². The molecule has 0 atom stereocenters. The van der Waals surface area contributed by atoms with Gasteiger partial charge in [0.05, 0.1) is 11.4 Å². The summed E-state index contributed by atoms with van der Waals surface area (Å²) in [6.07, 6.45) is 2.89. The van der Waals surface area contributed by atoms with Gasteiger partial charge in [-0.05, 0) is 57.4 Å². The first-order valence-corrected chi connectivity index (χ1v) is 10.2. The predicted molar refractivity (Wildman–Crippen MR) is 120 cm³/mol. The number of rotatable bonds is 5. The van der Waals surface area contributed by atoms with Crippen LogP contribution in [0.25, 0.3) is 0 Å². The van der Waals surface area contributed by atoms with Gasteiger partial charge in [0.15, 0.2) is 5.82 Å². The molecule has 0 saturated carbocycles. The van der Waals surface area contributed by atoms with Crippen molar-refractivity contribution in [2.75, 3.05) is 32.1 Å². The predicted octanol–water partition coefficient (Wildman–Crippen LogP) is 5.42. The second kappa shape index (κ2) is 8.25. The number of hydrogen-bond acceptors (Lipinski definition) is 4. The van der Waals surface area contributed by atoms with E-state index in [1.807, 2.05) is 18.3 Å². The van der Waals surface area contributed by atoms with Crippen LogP contribution in [0.1, 0.15) is 17.5 Å². The topological polar surface area (TPSA) is 31.7 Å². The number of anilines is 2. The third-order valence-electron chi connectivity index (χ3n) is 4.81. The summed E-state index contributed by atoms with van der Waals surface area (Å²) in [5.74, 6) is 0.917. The lowest BCUT2D eigenvalue weighted by atomic mass is 10.00. The number of aliphatic imine (C=N–C) groups is 1. The highest BCUT2D eigenvalue weighted by molar-refractivity contribution is 9.10. The first-order valence-electron chi connectivity index (χ1n) is 9.45. The molecule has 0 saturated heterocycles. The molecule has 28 heavy (non-hydrogen) atoms. The van der Waals surface area contributed by atoms with Crippen LogP contribution >= 0.6 is 15.9 Å². The largest absolute Gasteiger partial charge is 0.324 e. The second-order valence-electron chi connectivity index (χ2n) is 7.14. The second-order valence-corrected chi connectivity index (χ2v) is 8.05. The van der Waals surface area contributed by atoms with E-state index < -0.39 is 0 Å². The van der Waals surface area contributed by atoms with E-state index in [1.165, 1.54) is 0 Å². The summed E-state index contributed by atoms with van der Waals surface area (Å²) in [5, 5.41) is 0. The van der Waals surface area contributed by atoms with E-state index in [1.54, 1.807) is 0 Å². The smallest absolute Gasteiger partial charge is 0.159 e. The number of fused-ring (bicyclic) bond motifs is 2. The molecule has 1 aliphatic heterocycles. The van der Waals surface area contributed by atoms with Crippen molar-refractivity contribution in [3.63, 3.8) is 0 Å². The van der Waals surface area contributed by atoms with Crippen LogP contribution in [0.3, 0.4) is 0 Å². The summed E-state index contributed by atoms with van der Waals surface area (Å²) in [7, 11) is 4.22. The Hall–Kier alpha value is -2.50. The molecule has 1 aliphatic rings. The van der Waals surface area contributed by atoms with Crippen molar-refractivity contribution >= 4 is 38.8 Å². The molecule has 5 heteroatoms. The Morgan fingerprint density at radius 2 is 1.75 bits per heavy atom. The Morgan fingerprint density at radius 1 is 0.964 bits per heavy atom. The van der Waals surface area contributed by atoms with Crippen molar-refractivity contribution in [2.24, 2.45) is 4.99 Å². The van der Waals surface area contributed by atoms with Crippen LogP contribution in [0.2, 0.25) is 0 Å². The van der Waals surface area contributed by atoms with Crippen molar-refractivity contribution in [3.8, 4) is 0 Å². The summed E-state index contributed by atoms with van der Waals surface area (Å²) >= 11 is 3.53. The van der Waals surface area contributed by atoms with Crippen molar-refractivity contribution < 1.29 is 0 Å². The van der Waals surface area contributed by atoms with E-state index in [-0.39, 0.29) is 0 Å². The summed E-state index contributed by atoms with van der Waals surface area (Å²) in [5.41, 5.74) is 5.27. The van der Waals surface area contributed by atoms with Crippen LogP contribution in [0.15, 0.2) is 76.3 Å². The molecule has 0 fully saturated rings. The molecule has 3 aromatic rings. The van der Waals surface area contributed by atoms with E-state index in [0.29, 0.717) is 0 Å². The highest BCUT2D eigenvalue weighted by atomic mass is 79.9. The number of para-hydroxylation sites is 1. The number of aromatic nitrogens is 1. The van der Waals surface area contributed by atoms with E-state index in [4.69, 9.17) is 9.98 Å². The number of nitrogens with zero attached hydrogens (tertiary/aromatic N) is 4. The highest BCUT2D eigenvalue weighted by Gasteiger charge is 2.24. The zero-order valence-corrected chi connectivity index (χ0v) is 17.7. The molecule has 0 unspecified atom stereocenters. The Labute approximate surface area is 174 Å². The fourth-order valence-corrected chi connectivity index (χ4v) is 3.75. The lowest BCUT2D eigenvalue weighted by Gasteiger charge is -2.26. The minimum atomic E-state index is 0.891. The summed E-state index contributed by atoms with van der Waals surface area (Å²) in [4.78, 5) is 14.3. The first kappa shape index (κ1) is 18.8. The van der Waals surface area contributed by atoms with Gasteiger partial charge in [0, 0.05) is 28.3 Å². The molecule has 1 aromatic heterocycles. The number of pyridine rings is 1. The zero-order chi connectivity index (χ0) is 19.5. The third-order valence-corrected chi connectivity index (χ3v) is 5.34. The molecular weight excluding hydrogens is 412 g/mol. The Bertz CT molecular complexity index is 995. The standard InChI is InChI=1S/C23H23BrN4/c1-27(2)15-6-16-28-21-9-4-3-7-19(21)22(17-10-12-18(24)13-11-17)26-20-8-5-14-25-23(20)28/h3-5,7-14H,6,15-16H2,1-2H3.